The van der Waals surface area contributed by atoms with Gasteiger partial charge in [-0.1, -0.05) is 11.6 Å². The van der Waals surface area contributed by atoms with Gasteiger partial charge in [0.25, 0.3) is 0 Å². The average Bonchev–Trinajstić information content (AvgIpc) is 2.37. The third kappa shape index (κ3) is 3.79. The lowest BCUT2D eigenvalue weighted by Crippen LogP contribution is -2.30. The summed E-state index contributed by atoms with van der Waals surface area (Å²) in [7, 11) is -1.17. The number of methoxy groups -OCH3 is 1. The quantitative estimate of drug-likeness (QED) is 0.753. The number of alkyl halides is 1. The van der Waals surface area contributed by atoms with Gasteiger partial charge >= 0.3 is 0 Å². The SMILES string of the molecule is COCCN(C)S(=O)(=O)c1cc(Cl)cc(CCl)c1F. The number of rotatable bonds is 6. The van der Waals surface area contributed by atoms with E-state index < -0.39 is 20.7 Å². The fourth-order valence-corrected chi connectivity index (χ4v) is 3.20. The minimum absolute atomic E-state index is 0.0490. The Kier molecular flexibility index (Phi) is 6.01. The van der Waals surface area contributed by atoms with Gasteiger partial charge in [-0.3, -0.25) is 0 Å². The standard InChI is InChI=1S/C11H14Cl2FNO3S/c1-15(3-4-18-2)19(16,17)10-6-9(13)5-8(7-12)11(10)14/h5-6H,3-4,7H2,1-2H3. The van der Waals surface area contributed by atoms with E-state index in [9.17, 15) is 12.8 Å². The second-order valence-corrected chi connectivity index (χ2v) is 6.55. The summed E-state index contributed by atoms with van der Waals surface area (Å²) in [4.78, 5) is -0.478. The molecule has 0 aliphatic rings. The molecule has 8 heteroatoms. The first-order chi connectivity index (χ1) is 8.84. The van der Waals surface area contributed by atoms with Crippen molar-refractivity contribution in [3.63, 3.8) is 0 Å². The Morgan fingerprint density at radius 3 is 2.58 bits per heavy atom. The predicted molar refractivity (Wildman–Crippen MR) is 72.7 cm³/mol. The van der Waals surface area contributed by atoms with Crippen LogP contribution in [-0.2, 0) is 20.6 Å². The monoisotopic (exact) mass is 329 g/mol. The zero-order valence-electron chi connectivity index (χ0n) is 10.5. The summed E-state index contributed by atoms with van der Waals surface area (Å²) in [6, 6.07) is 2.38. The minimum Gasteiger partial charge on any atom is -0.383 e. The van der Waals surface area contributed by atoms with Gasteiger partial charge in [-0.2, -0.15) is 4.31 Å². The fourth-order valence-electron chi connectivity index (χ4n) is 1.41. The Balaban J connectivity index is 3.25. The number of sulfonamides is 1. The van der Waals surface area contributed by atoms with E-state index in [4.69, 9.17) is 27.9 Å². The van der Waals surface area contributed by atoms with Crippen molar-refractivity contribution < 1.29 is 17.5 Å². The molecule has 0 bridgehead atoms. The maximum atomic E-state index is 14.1. The molecule has 0 aromatic heterocycles. The first kappa shape index (κ1) is 16.7. The molecule has 19 heavy (non-hydrogen) atoms. The molecular weight excluding hydrogens is 316 g/mol. The van der Waals surface area contributed by atoms with Crippen molar-refractivity contribution >= 4 is 33.2 Å². The lowest BCUT2D eigenvalue weighted by Gasteiger charge is -2.18. The number of nitrogens with zero attached hydrogens (tertiary/aromatic N) is 1. The van der Waals surface area contributed by atoms with E-state index in [0.717, 1.165) is 10.4 Å². The van der Waals surface area contributed by atoms with Crippen molar-refractivity contribution in [2.24, 2.45) is 0 Å². The van der Waals surface area contributed by atoms with Crippen LogP contribution in [0.15, 0.2) is 17.0 Å². The molecule has 0 heterocycles. The molecule has 0 N–H and O–H groups in total. The topological polar surface area (TPSA) is 46.6 Å². The Morgan fingerprint density at radius 2 is 2.05 bits per heavy atom. The van der Waals surface area contributed by atoms with Crippen LogP contribution in [0.5, 0.6) is 0 Å². The molecule has 4 nitrogen and oxygen atoms in total. The molecule has 1 aromatic carbocycles. The van der Waals surface area contributed by atoms with E-state index in [0.29, 0.717) is 0 Å². The van der Waals surface area contributed by atoms with E-state index in [-0.39, 0.29) is 29.6 Å². The van der Waals surface area contributed by atoms with Crippen LogP contribution >= 0.6 is 23.2 Å². The van der Waals surface area contributed by atoms with Gasteiger partial charge in [-0.25, -0.2) is 12.8 Å². The average molecular weight is 330 g/mol. The first-order valence-electron chi connectivity index (χ1n) is 5.33. The Morgan fingerprint density at radius 1 is 1.42 bits per heavy atom. The molecule has 0 spiro atoms. The molecule has 0 aliphatic carbocycles. The molecule has 1 rings (SSSR count). The van der Waals surface area contributed by atoms with Gasteiger partial charge in [0, 0.05) is 31.3 Å². The lowest BCUT2D eigenvalue weighted by atomic mass is 10.2. The molecule has 0 radical (unpaired) electrons. The van der Waals surface area contributed by atoms with Gasteiger partial charge in [0.1, 0.15) is 10.7 Å². The highest BCUT2D eigenvalue weighted by Gasteiger charge is 2.26. The van der Waals surface area contributed by atoms with Gasteiger partial charge < -0.3 is 4.74 Å². The third-order valence-electron chi connectivity index (χ3n) is 2.52. The Bertz CT molecular complexity index is 551. The molecule has 0 amide bonds. The number of ether oxygens (including phenoxy) is 1. The van der Waals surface area contributed by atoms with E-state index in [1.807, 2.05) is 0 Å². The predicted octanol–water partition coefficient (Wildman–Crippen LogP) is 2.48. The minimum atomic E-state index is -3.96. The smallest absolute Gasteiger partial charge is 0.245 e. The summed E-state index contributed by atoms with van der Waals surface area (Å²) in [5.41, 5.74) is 0.0490. The highest BCUT2D eigenvalue weighted by molar-refractivity contribution is 7.89. The van der Waals surface area contributed by atoms with Gasteiger partial charge in [-0.15, -0.1) is 11.6 Å². The van der Waals surface area contributed by atoms with Gasteiger partial charge in [0.2, 0.25) is 10.0 Å². The second-order valence-electron chi connectivity index (χ2n) is 3.83. The van der Waals surface area contributed by atoms with Crippen LogP contribution in [0.1, 0.15) is 5.56 Å². The van der Waals surface area contributed by atoms with Crippen LogP contribution in [0.2, 0.25) is 5.02 Å². The van der Waals surface area contributed by atoms with Crippen LogP contribution in [0.4, 0.5) is 4.39 Å². The largest absolute Gasteiger partial charge is 0.383 e. The van der Waals surface area contributed by atoms with E-state index >= 15 is 0 Å². The highest BCUT2D eigenvalue weighted by atomic mass is 35.5. The number of halogens is 3. The summed E-state index contributed by atoms with van der Waals surface area (Å²) < 4.78 is 44.3. The molecule has 1 aromatic rings. The lowest BCUT2D eigenvalue weighted by molar-refractivity contribution is 0.185. The van der Waals surface area contributed by atoms with E-state index in [1.165, 1.54) is 20.2 Å². The number of likely N-dealkylation sites (N-methyl/N-ethyl adjacent to an activating group) is 1. The van der Waals surface area contributed by atoms with E-state index in [2.05, 4.69) is 0 Å². The molecule has 0 saturated heterocycles. The molecule has 108 valence electrons. The number of hydrogen-bond donors (Lipinski definition) is 0. The Hall–Kier alpha value is -0.400. The summed E-state index contributed by atoms with van der Waals surface area (Å²) in [5, 5.41) is 0.121. The normalized spacial score (nSPS) is 12.1. The maximum absolute atomic E-state index is 14.1. The highest BCUT2D eigenvalue weighted by Crippen LogP contribution is 2.26. The van der Waals surface area contributed by atoms with Crippen LogP contribution in [-0.4, -0.2) is 40.0 Å². The molecule has 0 unspecified atom stereocenters. The fraction of sp³-hybridized carbons (Fsp3) is 0.455. The van der Waals surface area contributed by atoms with Gasteiger partial charge in [0.05, 0.1) is 12.5 Å². The number of hydrogen-bond acceptors (Lipinski definition) is 3. The second kappa shape index (κ2) is 6.85. The Labute approximate surface area is 122 Å². The number of benzene rings is 1. The van der Waals surface area contributed by atoms with Crippen molar-refractivity contribution in [1.82, 2.24) is 4.31 Å². The van der Waals surface area contributed by atoms with Crippen molar-refractivity contribution in [3.05, 3.63) is 28.5 Å². The van der Waals surface area contributed by atoms with Crippen LogP contribution in [0.3, 0.4) is 0 Å². The van der Waals surface area contributed by atoms with Crippen molar-refractivity contribution in [2.75, 3.05) is 27.3 Å². The molecule has 0 aliphatic heterocycles. The van der Waals surface area contributed by atoms with Gasteiger partial charge in [-0.05, 0) is 12.1 Å². The summed E-state index contributed by atoms with van der Waals surface area (Å²) in [6.45, 7) is 0.321. The molecule has 0 saturated carbocycles. The molecular formula is C11H14Cl2FNO3S. The zero-order chi connectivity index (χ0) is 14.6. The van der Waals surface area contributed by atoms with Crippen molar-refractivity contribution in [3.8, 4) is 0 Å². The van der Waals surface area contributed by atoms with Gasteiger partial charge in [0.15, 0.2) is 0 Å². The summed E-state index contributed by atoms with van der Waals surface area (Å²) in [6.07, 6.45) is 0. The van der Waals surface area contributed by atoms with Crippen molar-refractivity contribution in [1.29, 1.82) is 0 Å². The summed E-state index contributed by atoms with van der Waals surface area (Å²) >= 11 is 11.3. The van der Waals surface area contributed by atoms with Crippen molar-refractivity contribution in [2.45, 2.75) is 10.8 Å². The third-order valence-corrected chi connectivity index (χ3v) is 4.88. The maximum Gasteiger partial charge on any atom is 0.245 e. The first-order valence-corrected chi connectivity index (χ1v) is 7.69. The van der Waals surface area contributed by atoms with E-state index in [1.54, 1.807) is 0 Å². The van der Waals surface area contributed by atoms with Crippen LogP contribution in [0, 0.1) is 5.82 Å². The molecule has 0 fully saturated rings. The zero-order valence-corrected chi connectivity index (χ0v) is 12.8. The summed E-state index contributed by atoms with van der Waals surface area (Å²) in [5.74, 6) is -1.03. The van der Waals surface area contributed by atoms with Crippen LogP contribution < -0.4 is 0 Å². The van der Waals surface area contributed by atoms with Crippen LogP contribution in [0.25, 0.3) is 0 Å². The molecule has 0 atom stereocenters.